The zero-order chi connectivity index (χ0) is 21.1. The van der Waals surface area contributed by atoms with Gasteiger partial charge in [0.05, 0.1) is 16.4 Å². The SMILES string of the molecule is O=C(CN1C(=O)CN=C(c2ccccc2)c2ccccc21)Nc1ccc(F)c(Cl)c1. The van der Waals surface area contributed by atoms with Gasteiger partial charge in [0.1, 0.15) is 18.9 Å². The lowest BCUT2D eigenvalue weighted by Gasteiger charge is -2.22. The molecule has 2 amide bonds. The summed E-state index contributed by atoms with van der Waals surface area (Å²) in [5, 5.41) is 2.56. The van der Waals surface area contributed by atoms with Crippen molar-refractivity contribution in [3.8, 4) is 0 Å². The monoisotopic (exact) mass is 421 g/mol. The largest absolute Gasteiger partial charge is 0.324 e. The van der Waals surface area contributed by atoms with Crippen LogP contribution in [0.5, 0.6) is 0 Å². The van der Waals surface area contributed by atoms with E-state index in [1.165, 1.54) is 23.1 Å². The van der Waals surface area contributed by atoms with Gasteiger partial charge in [0.25, 0.3) is 0 Å². The van der Waals surface area contributed by atoms with Crippen LogP contribution in [0.1, 0.15) is 11.1 Å². The summed E-state index contributed by atoms with van der Waals surface area (Å²) < 4.78 is 13.3. The molecule has 1 aliphatic rings. The molecule has 0 saturated heterocycles. The second-order valence-corrected chi connectivity index (χ2v) is 7.11. The second-order valence-electron chi connectivity index (χ2n) is 6.70. The summed E-state index contributed by atoms with van der Waals surface area (Å²) in [6.07, 6.45) is 0. The van der Waals surface area contributed by atoms with Crippen molar-refractivity contribution in [2.24, 2.45) is 4.99 Å². The fourth-order valence-corrected chi connectivity index (χ4v) is 3.48. The highest BCUT2D eigenvalue weighted by molar-refractivity contribution is 6.31. The number of benzodiazepines with no additional fused rings is 1. The zero-order valence-corrected chi connectivity index (χ0v) is 16.6. The molecule has 30 heavy (non-hydrogen) atoms. The van der Waals surface area contributed by atoms with Crippen molar-refractivity contribution in [3.05, 3.63) is 94.8 Å². The van der Waals surface area contributed by atoms with Crippen LogP contribution in [0.2, 0.25) is 5.02 Å². The highest BCUT2D eigenvalue weighted by Gasteiger charge is 2.26. The molecule has 150 valence electrons. The van der Waals surface area contributed by atoms with Gasteiger partial charge in [0.2, 0.25) is 11.8 Å². The first-order valence-electron chi connectivity index (χ1n) is 9.27. The molecule has 0 bridgehead atoms. The zero-order valence-electron chi connectivity index (χ0n) is 15.8. The molecule has 0 aliphatic carbocycles. The molecule has 0 aromatic heterocycles. The summed E-state index contributed by atoms with van der Waals surface area (Å²) >= 11 is 5.77. The lowest BCUT2D eigenvalue weighted by molar-refractivity contribution is -0.120. The molecular formula is C23H17ClFN3O2. The predicted molar refractivity (Wildman–Crippen MR) is 116 cm³/mol. The second kappa shape index (κ2) is 8.47. The molecular weight excluding hydrogens is 405 g/mol. The van der Waals surface area contributed by atoms with Crippen molar-refractivity contribution < 1.29 is 14.0 Å². The van der Waals surface area contributed by atoms with Gasteiger partial charge in [-0.3, -0.25) is 14.6 Å². The molecule has 1 aliphatic heterocycles. The number of carbonyl (C=O) groups excluding carboxylic acids is 2. The Morgan fingerprint density at radius 2 is 1.80 bits per heavy atom. The average Bonchev–Trinajstić information content (AvgIpc) is 2.88. The highest BCUT2D eigenvalue weighted by atomic mass is 35.5. The Labute approximate surface area is 177 Å². The van der Waals surface area contributed by atoms with E-state index in [-0.39, 0.29) is 24.0 Å². The third kappa shape index (κ3) is 4.09. The van der Waals surface area contributed by atoms with Crippen molar-refractivity contribution >= 4 is 40.5 Å². The van der Waals surface area contributed by atoms with Crippen LogP contribution in [-0.2, 0) is 9.59 Å². The molecule has 1 heterocycles. The number of benzene rings is 3. The minimum atomic E-state index is -0.572. The van der Waals surface area contributed by atoms with E-state index in [0.717, 1.165) is 11.1 Å². The molecule has 3 aromatic carbocycles. The molecule has 5 nitrogen and oxygen atoms in total. The average molecular weight is 422 g/mol. The number of halogens is 2. The Hall–Kier alpha value is -3.51. The summed E-state index contributed by atoms with van der Waals surface area (Å²) in [4.78, 5) is 31.4. The van der Waals surface area contributed by atoms with Gasteiger partial charge in [0, 0.05) is 16.8 Å². The maximum absolute atomic E-state index is 13.3. The van der Waals surface area contributed by atoms with Gasteiger partial charge in [0.15, 0.2) is 0 Å². The molecule has 0 atom stereocenters. The fraction of sp³-hybridized carbons (Fsp3) is 0.0870. The van der Waals surface area contributed by atoms with Crippen LogP contribution < -0.4 is 10.2 Å². The van der Waals surface area contributed by atoms with Crippen LogP contribution in [0.3, 0.4) is 0 Å². The third-order valence-corrected chi connectivity index (χ3v) is 4.97. The standard InChI is InChI=1S/C23H17ClFN3O2/c24-18-12-16(10-11-19(18)25)27-21(29)14-28-20-9-5-4-8-17(20)23(26-13-22(28)30)15-6-2-1-3-7-15/h1-12H,13-14H2,(H,27,29). The van der Waals surface area contributed by atoms with E-state index in [2.05, 4.69) is 10.3 Å². The van der Waals surface area contributed by atoms with Gasteiger partial charge in [-0.05, 0) is 24.3 Å². The Morgan fingerprint density at radius 1 is 1.07 bits per heavy atom. The number of para-hydroxylation sites is 1. The Bertz CT molecular complexity index is 1150. The summed E-state index contributed by atoms with van der Waals surface area (Å²) in [7, 11) is 0. The van der Waals surface area contributed by atoms with Gasteiger partial charge in [-0.15, -0.1) is 0 Å². The molecule has 0 saturated carbocycles. The number of fused-ring (bicyclic) bond motifs is 1. The normalized spacial score (nSPS) is 13.3. The predicted octanol–water partition coefficient (Wildman–Crippen LogP) is 4.30. The number of anilines is 2. The van der Waals surface area contributed by atoms with E-state index in [0.29, 0.717) is 17.1 Å². The van der Waals surface area contributed by atoms with Gasteiger partial charge >= 0.3 is 0 Å². The van der Waals surface area contributed by atoms with Gasteiger partial charge in [-0.2, -0.15) is 0 Å². The maximum atomic E-state index is 13.3. The first-order chi connectivity index (χ1) is 14.5. The highest BCUT2D eigenvalue weighted by Crippen LogP contribution is 2.27. The van der Waals surface area contributed by atoms with E-state index in [1.54, 1.807) is 6.07 Å². The van der Waals surface area contributed by atoms with E-state index >= 15 is 0 Å². The van der Waals surface area contributed by atoms with Crippen LogP contribution >= 0.6 is 11.6 Å². The molecule has 0 fully saturated rings. The van der Waals surface area contributed by atoms with E-state index < -0.39 is 11.7 Å². The van der Waals surface area contributed by atoms with E-state index in [1.807, 2.05) is 48.5 Å². The van der Waals surface area contributed by atoms with Crippen molar-refractivity contribution in [2.45, 2.75) is 0 Å². The quantitative estimate of drug-likeness (QED) is 0.682. The summed E-state index contributed by atoms with van der Waals surface area (Å²) in [5.41, 5.74) is 3.32. The third-order valence-electron chi connectivity index (χ3n) is 4.68. The lowest BCUT2D eigenvalue weighted by Crippen LogP contribution is -2.39. The molecule has 1 N–H and O–H groups in total. The Morgan fingerprint density at radius 3 is 2.57 bits per heavy atom. The first kappa shape index (κ1) is 19.8. The van der Waals surface area contributed by atoms with Crippen molar-refractivity contribution in [1.29, 1.82) is 0 Å². The van der Waals surface area contributed by atoms with Crippen LogP contribution in [0, 0.1) is 5.82 Å². The lowest BCUT2D eigenvalue weighted by atomic mass is 10.0. The van der Waals surface area contributed by atoms with Crippen LogP contribution in [0.4, 0.5) is 15.8 Å². The topological polar surface area (TPSA) is 61.8 Å². The van der Waals surface area contributed by atoms with Gasteiger partial charge < -0.3 is 10.2 Å². The smallest absolute Gasteiger partial charge is 0.249 e. The van der Waals surface area contributed by atoms with Crippen LogP contribution in [0.15, 0.2) is 77.8 Å². The number of nitrogens with zero attached hydrogens (tertiary/aromatic N) is 2. The number of hydrogen-bond donors (Lipinski definition) is 1. The van der Waals surface area contributed by atoms with Crippen molar-refractivity contribution in [3.63, 3.8) is 0 Å². The number of hydrogen-bond acceptors (Lipinski definition) is 3. The van der Waals surface area contributed by atoms with E-state index in [4.69, 9.17) is 11.6 Å². The van der Waals surface area contributed by atoms with Crippen molar-refractivity contribution in [1.82, 2.24) is 0 Å². The summed E-state index contributed by atoms with van der Waals surface area (Å²) in [5.74, 6) is -1.29. The van der Waals surface area contributed by atoms with Crippen molar-refractivity contribution in [2.75, 3.05) is 23.3 Å². The number of carbonyl (C=O) groups is 2. The number of rotatable bonds is 4. The maximum Gasteiger partial charge on any atom is 0.249 e. The first-order valence-corrected chi connectivity index (χ1v) is 9.65. The van der Waals surface area contributed by atoms with Crippen LogP contribution in [0.25, 0.3) is 0 Å². The molecule has 3 aromatic rings. The Balaban J connectivity index is 1.62. The minimum Gasteiger partial charge on any atom is -0.324 e. The summed E-state index contributed by atoms with van der Waals surface area (Å²) in [6.45, 7) is -0.281. The number of aliphatic imine (C=N–C) groups is 1. The van der Waals surface area contributed by atoms with Gasteiger partial charge in [-0.1, -0.05) is 60.1 Å². The Kier molecular flexibility index (Phi) is 5.59. The molecule has 0 spiro atoms. The molecule has 0 unspecified atom stereocenters. The van der Waals surface area contributed by atoms with Crippen LogP contribution in [-0.4, -0.2) is 30.6 Å². The van der Waals surface area contributed by atoms with E-state index in [9.17, 15) is 14.0 Å². The fourth-order valence-electron chi connectivity index (χ4n) is 3.29. The molecule has 4 rings (SSSR count). The minimum absolute atomic E-state index is 0.0748. The summed E-state index contributed by atoms with van der Waals surface area (Å²) in [6, 6.07) is 20.8. The number of amides is 2. The van der Waals surface area contributed by atoms with Gasteiger partial charge in [-0.25, -0.2) is 4.39 Å². The molecule has 0 radical (unpaired) electrons. The molecule has 7 heteroatoms. The number of nitrogens with one attached hydrogen (secondary N) is 1.